The lowest BCUT2D eigenvalue weighted by molar-refractivity contribution is -0.0305. The summed E-state index contributed by atoms with van der Waals surface area (Å²) >= 11 is 6.17. The summed E-state index contributed by atoms with van der Waals surface area (Å²) in [4.78, 5) is 14.8. The second-order valence-corrected chi connectivity index (χ2v) is 12.0. The van der Waals surface area contributed by atoms with Crippen molar-refractivity contribution in [2.24, 2.45) is 0 Å². The van der Waals surface area contributed by atoms with Crippen molar-refractivity contribution in [3.8, 4) is 0 Å². The first kappa shape index (κ1) is 24.6. The molecule has 1 amide bonds. The van der Waals surface area contributed by atoms with Gasteiger partial charge in [-0.05, 0) is 72.6 Å². The highest BCUT2D eigenvalue weighted by atomic mass is 35.5. The second-order valence-electron chi connectivity index (χ2n) is 9.65. The lowest BCUT2D eigenvalue weighted by Crippen LogP contribution is -2.43. The van der Waals surface area contributed by atoms with Crippen LogP contribution < -0.4 is 4.72 Å². The number of carbonyl (C=O) groups is 1. The highest BCUT2D eigenvalue weighted by Crippen LogP contribution is 2.43. The Kier molecular flexibility index (Phi) is 6.87. The highest BCUT2D eigenvalue weighted by Gasteiger charge is 2.38. The van der Waals surface area contributed by atoms with Gasteiger partial charge in [-0.3, -0.25) is 9.69 Å². The van der Waals surface area contributed by atoms with Gasteiger partial charge >= 0.3 is 0 Å². The number of nitrogens with one attached hydrogen (secondary N) is 1. The molecule has 2 aromatic carbocycles. The van der Waals surface area contributed by atoms with E-state index in [1.54, 1.807) is 6.07 Å². The number of hydrogen-bond acceptors (Lipinski definition) is 5. The number of rotatable bonds is 8. The van der Waals surface area contributed by atoms with E-state index in [9.17, 15) is 17.6 Å². The molecule has 3 aliphatic rings. The van der Waals surface area contributed by atoms with Crippen molar-refractivity contribution in [1.29, 1.82) is 0 Å². The molecule has 1 N–H and O–H groups in total. The maximum Gasteiger partial charge on any atom is 0.267 e. The molecule has 1 aliphatic heterocycles. The minimum absolute atomic E-state index is 0.140. The summed E-state index contributed by atoms with van der Waals surface area (Å²) in [5.74, 6) is -1.78. The summed E-state index contributed by atoms with van der Waals surface area (Å²) in [7, 11) is -3.76. The smallest absolute Gasteiger partial charge is 0.267 e. The van der Waals surface area contributed by atoms with Crippen LogP contribution in [0.1, 0.15) is 58.6 Å². The van der Waals surface area contributed by atoms with E-state index >= 15 is 4.39 Å². The van der Waals surface area contributed by atoms with Crippen LogP contribution in [0.2, 0.25) is 5.02 Å². The number of benzene rings is 2. The largest absolute Gasteiger partial charge is 0.375 e. The molecule has 2 aliphatic carbocycles. The Hall–Kier alpha value is -2.07. The van der Waals surface area contributed by atoms with Crippen molar-refractivity contribution >= 4 is 27.5 Å². The first-order valence-corrected chi connectivity index (χ1v) is 13.8. The Bertz CT molecular complexity index is 1250. The molecular formula is C25H27ClF2N2O4S. The SMILES string of the molecule is O=C(NS(=O)(=O)C1CC1)c1cc(C2CC2)c(CN2CCO[C@H](Cc3ccc(F)cc3Cl)C2)cc1F. The highest BCUT2D eigenvalue weighted by molar-refractivity contribution is 7.91. The van der Waals surface area contributed by atoms with E-state index in [2.05, 4.69) is 4.90 Å². The van der Waals surface area contributed by atoms with Gasteiger partial charge in [0.05, 0.1) is 23.5 Å². The number of morpholine rings is 1. The van der Waals surface area contributed by atoms with Gasteiger partial charge in [0, 0.05) is 31.1 Å². The van der Waals surface area contributed by atoms with E-state index in [1.807, 2.05) is 4.72 Å². The lowest BCUT2D eigenvalue weighted by Gasteiger charge is -2.33. The number of amides is 1. The zero-order valence-electron chi connectivity index (χ0n) is 19.1. The molecule has 0 radical (unpaired) electrons. The Labute approximate surface area is 208 Å². The third kappa shape index (κ3) is 5.85. The molecule has 6 nitrogen and oxygen atoms in total. The normalized spacial score (nSPS) is 21.2. The quantitative estimate of drug-likeness (QED) is 0.561. The lowest BCUT2D eigenvalue weighted by atomic mass is 9.98. The van der Waals surface area contributed by atoms with Crippen LogP contribution in [0.3, 0.4) is 0 Å². The second kappa shape index (κ2) is 9.76. The summed E-state index contributed by atoms with van der Waals surface area (Å²) < 4.78 is 60.6. The molecule has 0 spiro atoms. The van der Waals surface area contributed by atoms with Gasteiger partial charge < -0.3 is 4.74 Å². The maximum atomic E-state index is 15.0. The number of carbonyl (C=O) groups excluding carboxylic acids is 1. The zero-order chi connectivity index (χ0) is 24.7. The van der Waals surface area contributed by atoms with Gasteiger partial charge in [-0.2, -0.15) is 0 Å². The molecule has 1 heterocycles. The monoisotopic (exact) mass is 524 g/mol. The van der Waals surface area contributed by atoms with Gasteiger partial charge in [-0.25, -0.2) is 21.9 Å². The fourth-order valence-corrected chi connectivity index (χ4v) is 6.12. The van der Waals surface area contributed by atoms with Crippen LogP contribution in [-0.2, 0) is 27.7 Å². The molecule has 1 saturated heterocycles. The third-order valence-electron chi connectivity index (χ3n) is 6.77. The summed E-state index contributed by atoms with van der Waals surface area (Å²) in [6, 6.07) is 7.22. The van der Waals surface area contributed by atoms with Crippen LogP contribution in [0.5, 0.6) is 0 Å². The molecule has 10 heteroatoms. The molecule has 5 rings (SSSR count). The Morgan fingerprint density at radius 2 is 1.89 bits per heavy atom. The van der Waals surface area contributed by atoms with E-state index in [0.29, 0.717) is 50.5 Å². The molecule has 2 aromatic rings. The van der Waals surface area contributed by atoms with E-state index < -0.39 is 27.0 Å². The fourth-order valence-electron chi connectivity index (χ4n) is 4.58. The Balaban J connectivity index is 1.30. The van der Waals surface area contributed by atoms with Gasteiger partial charge in [0.2, 0.25) is 10.0 Å². The molecule has 0 aromatic heterocycles. The molecule has 1 atom stereocenters. The van der Waals surface area contributed by atoms with Crippen molar-refractivity contribution < 1.29 is 26.7 Å². The number of ether oxygens (including phenoxy) is 1. The van der Waals surface area contributed by atoms with Crippen LogP contribution in [0, 0.1) is 11.6 Å². The Morgan fingerprint density at radius 1 is 1.11 bits per heavy atom. The molecule has 35 heavy (non-hydrogen) atoms. The van der Waals surface area contributed by atoms with Gasteiger partial charge in [0.1, 0.15) is 11.6 Å². The third-order valence-corrected chi connectivity index (χ3v) is 8.94. The van der Waals surface area contributed by atoms with Crippen LogP contribution in [0.4, 0.5) is 8.78 Å². The fraction of sp³-hybridized carbons (Fsp3) is 0.480. The number of hydrogen-bond donors (Lipinski definition) is 1. The van der Waals surface area contributed by atoms with Gasteiger partial charge in [-0.1, -0.05) is 17.7 Å². The first-order valence-electron chi connectivity index (χ1n) is 11.9. The average molecular weight is 525 g/mol. The molecule has 0 unspecified atom stereocenters. The van der Waals surface area contributed by atoms with E-state index in [4.69, 9.17) is 16.3 Å². The standard InChI is InChI=1S/C25H27ClF2N2O4S/c26-23-11-18(27)4-3-16(23)9-19-14-30(7-8-34-19)13-17-10-24(28)22(12-21(17)15-1-2-15)25(31)29-35(32,33)20-5-6-20/h3-4,10-12,15,19-20H,1-2,5-9,13-14H2,(H,29,31)/t19-/m1/s1. The minimum atomic E-state index is -3.76. The zero-order valence-corrected chi connectivity index (χ0v) is 20.7. The van der Waals surface area contributed by atoms with Crippen LogP contribution in [0.15, 0.2) is 30.3 Å². The van der Waals surface area contributed by atoms with Crippen molar-refractivity contribution in [2.75, 3.05) is 19.7 Å². The van der Waals surface area contributed by atoms with Crippen LogP contribution in [0.25, 0.3) is 0 Å². The molecule has 3 fully saturated rings. The predicted octanol–water partition coefficient (Wildman–Crippen LogP) is 4.16. The predicted molar refractivity (Wildman–Crippen MR) is 128 cm³/mol. The van der Waals surface area contributed by atoms with Crippen LogP contribution >= 0.6 is 11.6 Å². The van der Waals surface area contributed by atoms with Crippen LogP contribution in [-0.4, -0.2) is 50.3 Å². The van der Waals surface area contributed by atoms with E-state index in [0.717, 1.165) is 29.5 Å². The molecule has 188 valence electrons. The summed E-state index contributed by atoms with van der Waals surface area (Å²) in [6.07, 6.45) is 3.34. The van der Waals surface area contributed by atoms with Crippen molar-refractivity contribution in [1.82, 2.24) is 9.62 Å². The van der Waals surface area contributed by atoms with E-state index in [1.165, 1.54) is 24.3 Å². The molecule has 2 saturated carbocycles. The number of halogens is 3. The van der Waals surface area contributed by atoms with Gasteiger partial charge in [0.25, 0.3) is 5.91 Å². The summed E-state index contributed by atoms with van der Waals surface area (Å²) in [5.41, 5.74) is 2.27. The first-order chi connectivity index (χ1) is 16.7. The molecular weight excluding hydrogens is 498 g/mol. The maximum absolute atomic E-state index is 15.0. The van der Waals surface area contributed by atoms with Gasteiger partial charge in [-0.15, -0.1) is 0 Å². The number of sulfonamides is 1. The van der Waals surface area contributed by atoms with Crippen molar-refractivity contribution in [3.63, 3.8) is 0 Å². The average Bonchev–Trinajstić information content (AvgIpc) is 3.68. The summed E-state index contributed by atoms with van der Waals surface area (Å²) in [6.45, 7) is 2.26. The topological polar surface area (TPSA) is 75.7 Å². The minimum Gasteiger partial charge on any atom is -0.375 e. The van der Waals surface area contributed by atoms with Crippen molar-refractivity contribution in [3.05, 3.63) is 69.2 Å². The van der Waals surface area contributed by atoms with E-state index in [-0.39, 0.29) is 23.4 Å². The summed E-state index contributed by atoms with van der Waals surface area (Å²) in [5, 5.41) is -0.197. The Morgan fingerprint density at radius 3 is 2.57 bits per heavy atom. The van der Waals surface area contributed by atoms with Gasteiger partial charge in [0.15, 0.2) is 0 Å². The molecule has 0 bridgehead atoms. The number of nitrogens with zero attached hydrogens (tertiary/aromatic N) is 1. The van der Waals surface area contributed by atoms with Crippen molar-refractivity contribution in [2.45, 2.75) is 55.9 Å².